The third-order valence-corrected chi connectivity index (χ3v) is 5.20. The second-order valence-corrected chi connectivity index (χ2v) is 6.91. The zero-order valence-corrected chi connectivity index (χ0v) is 12.4. The SMILES string of the molecule is O=C(O)C1CSCCN1C(=O)Nc1nc(C2CC2)cs1. The Hall–Kier alpha value is -1.28. The number of hydrogen-bond donors (Lipinski definition) is 2. The first-order valence-electron chi connectivity index (χ1n) is 6.49. The number of hydrogen-bond acceptors (Lipinski definition) is 5. The van der Waals surface area contributed by atoms with Crippen molar-refractivity contribution in [1.82, 2.24) is 9.88 Å². The van der Waals surface area contributed by atoms with Crippen molar-refractivity contribution in [3.63, 3.8) is 0 Å². The largest absolute Gasteiger partial charge is 0.480 e. The monoisotopic (exact) mass is 313 g/mol. The Morgan fingerprint density at radius 1 is 1.45 bits per heavy atom. The normalized spacial score (nSPS) is 22.6. The molecule has 3 rings (SSSR count). The summed E-state index contributed by atoms with van der Waals surface area (Å²) in [7, 11) is 0. The van der Waals surface area contributed by atoms with E-state index in [0.717, 1.165) is 11.4 Å². The van der Waals surface area contributed by atoms with Crippen LogP contribution in [0.3, 0.4) is 0 Å². The average Bonchev–Trinajstić information content (AvgIpc) is 3.19. The molecule has 2 N–H and O–H groups in total. The van der Waals surface area contributed by atoms with Crippen LogP contribution in [0.2, 0.25) is 0 Å². The van der Waals surface area contributed by atoms with Gasteiger partial charge in [0.25, 0.3) is 0 Å². The molecule has 2 heterocycles. The summed E-state index contributed by atoms with van der Waals surface area (Å²) in [5.74, 6) is 0.802. The third-order valence-electron chi connectivity index (χ3n) is 3.41. The summed E-state index contributed by atoms with van der Waals surface area (Å²) in [6.07, 6.45) is 2.34. The van der Waals surface area contributed by atoms with E-state index in [0.29, 0.717) is 23.3 Å². The van der Waals surface area contributed by atoms with Gasteiger partial charge in [-0.05, 0) is 12.8 Å². The molecule has 1 aromatic rings. The summed E-state index contributed by atoms with van der Waals surface area (Å²) in [5.41, 5.74) is 1.04. The van der Waals surface area contributed by atoms with Crippen molar-refractivity contribution in [2.24, 2.45) is 0 Å². The van der Waals surface area contributed by atoms with Crippen LogP contribution in [0.25, 0.3) is 0 Å². The smallest absolute Gasteiger partial charge is 0.327 e. The molecule has 108 valence electrons. The number of amides is 2. The van der Waals surface area contributed by atoms with E-state index in [4.69, 9.17) is 5.11 Å². The molecule has 0 spiro atoms. The van der Waals surface area contributed by atoms with Gasteiger partial charge in [-0.15, -0.1) is 11.3 Å². The fourth-order valence-corrected chi connectivity index (χ4v) is 3.94. The van der Waals surface area contributed by atoms with E-state index >= 15 is 0 Å². The number of carboxylic acids is 1. The van der Waals surface area contributed by atoms with Crippen LogP contribution in [-0.4, -0.2) is 51.1 Å². The molecule has 1 aliphatic heterocycles. The van der Waals surface area contributed by atoms with Gasteiger partial charge in [-0.1, -0.05) is 0 Å². The number of urea groups is 1. The lowest BCUT2D eigenvalue weighted by molar-refractivity contribution is -0.141. The fourth-order valence-electron chi connectivity index (χ4n) is 2.12. The van der Waals surface area contributed by atoms with Crippen LogP contribution in [0.5, 0.6) is 0 Å². The highest BCUT2D eigenvalue weighted by atomic mass is 32.2. The molecule has 2 fully saturated rings. The molecule has 0 radical (unpaired) electrons. The van der Waals surface area contributed by atoms with Crippen LogP contribution < -0.4 is 5.32 Å². The number of nitrogens with zero attached hydrogens (tertiary/aromatic N) is 2. The minimum Gasteiger partial charge on any atom is -0.480 e. The van der Waals surface area contributed by atoms with Crippen molar-refractivity contribution in [1.29, 1.82) is 0 Å². The Kier molecular flexibility index (Phi) is 3.84. The molecule has 0 bridgehead atoms. The van der Waals surface area contributed by atoms with Crippen LogP contribution >= 0.6 is 23.1 Å². The Balaban J connectivity index is 1.65. The summed E-state index contributed by atoms with van der Waals surface area (Å²) in [5, 5.41) is 14.4. The molecular formula is C12H15N3O3S2. The second kappa shape index (κ2) is 5.61. The van der Waals surface area contributed by atoms with Gasteiger partial charge < -0.3 is 10.0 Å². The number of rotatable bonds is 3. The van der Waals surface area contributed by atoms with Crippen LogP contribution in [0, 0.1) is 0 Å². The van der Waals surface area contributed by atoms with Gasteiger partial charge in [0.15, 0.2) is 5.13 Å². The standard InChI is InChI=1S/C12H15N3O3S2/c16-10(17)9-6-19-4-3-15(9)12(18)14-11-13-8(5-20-11)7-1-2-7/h5,7,9H,1-4,6H2,(H,16,17)(H,13,14,18). The molecule has 8 heteroatoms. The summed E-state index contributed by atoms with van der Waals surface area (Å²) in [4.78, 5) is 29.1. The number of aliphatic carboxylic acids is 1. The van der Waals surface area contributed by atoms with Gasteiger partial charge in [0.2, 0.25) is 0 Å². The number of nitrogens with one attached hydrogen (secondary N) is 1. The minimum absolute atomic E-state index is 0.366. The van der Waals surface area contributed by atoms with Gasteiger partial charge >= 0.3 is 12.0 Å². The van der Waals surface area contributed by atoms with Gasteiger partial charge in [-0.3, -0.25) is 5.32 Å². The highest BCUT2D eigenvalue weighted by Crippen LogP contribution is 2.40. The highest BCUT2D eigenvalue weighted by molar-refractivity contribution is 7.99. The molecule has 6 nitrogen and oxygen atoms in total. The van der Waals surface area contributed by atoms with Crippen molar-refractivity contribution in [2.45, 2.75) is 24.8 Å². The number of thiazole rings is 1. The molecule has 20 heavy (non-hydrogen) atoms. The quantitative estimate of drug-likeness (QED) is 0.892. The van der Waals surface area contributed by atoms with E-state index in [-0.39, 0.29) is 6.03 Å². The lowest BCUT2D eigenvalue weighted by Crippen LogP contribution is -2.51. The highest BCUT2D eigenvalue weighted by Gasteiger charge is 2.33. The van der Waals surface area contributed by atoms with Crippen LogP contribution in [0.15, 0.2) is 5.38 Å². The molecule has 2 amide bonds. The molecule has 2 aliphatic rings. The maximum Gasteiger partial charge on any atom is 0.327 e. The maximum atomic E-state index is 12.2. The molecule has 1 saturated heterocycles. The summed E-state index contributed by atoms with van der Waals surface area (Å²) >= 11 is 2.96. The van der Waals surface area contributed by atoms with Crippen molar-refractivity contribution in [2.75, 3.05) is 23.4 Å². The molecular weight excluding hydrogens is 298 g/mol. The van der Waals surface area contributed by atoms with E-state index in [1.807, 2.05) is 5.38 Å². The average molecular weight is 313 g/mol. The van der Waals surface area contributed by atoms with Gasteiger partial charge in [0, 0.05) is 29.3 Å². The summed E-state index contributed by atoms with van der Waals surface area (Å²) < 4.78 is 0. The second-order valence-electron chi connectivity index (χ2n) is 4.90. The zero-order valence-electron chi connectivity index (χ0n) is 10.7. The number of thioether (sulfide) groups is 1. The molecule has 1 saturated carbocycles. The Bertz CT molecular complexity index is 530. The molecule has 1 aromatic heterocycles. The molecule has 1 aliphatic carbocycles. The Morgan fingerprint density at radius 2 is 2.25 bits per heavy atom. The van der Waals surface area contributed by atoms with E-state index in [2.05, 4.69) is 10.3 Å². The molecule has 1 atom stereocenters. The molecule has 1 unspecified atom stereocenters. The van der Waals surface area contributed by atoms with E-state index < -0.39 is 12.0 Å². The van der Waals surface area contributed by atoms with E-state index in [1.54, 1.807) is 11.8 Å². The van der Waals surface area contributed by atoms with Crippen molar-refractivity contribution in [3.8, 4) is 0 Å². The zero-order chi connectivity index (χ0) is 14.1. The van der Waals surface area contributed by atoms with Gasteiger partial charge in [0.1, 0.15) is 6.04 Å². The van der Waals surface area contributed by atoms with Crippen molar-refractivity contribution < 1.29 is 14.7 Å². The number of aromatic nitrogens is 1. The number of carbonyl (C=O) groups is 2. The maximum absolute atomic E-state index is 12.2. The first kappa shape index (κ1) is 13.7. The van der Waals surface area contributed by atoms with E-state index in [9.17, 15) is 9.59 Å². The van der Waals surface area contributed by atoms with Crippen LogP contribution in [0.4, 0.5) is 9.93 Å². The van der Waals surface area contributed by atoms with Crippen molar-refractivity contribution in [3.05, 3.63) is 11.1 Å². The topological polar surface area (TPSA) is 82.5 Å². The van der Waals surface area contributed by atoms with E-state index in [1.165, 1.54) is 29.1 Å². The predicted octanol–water partition coefficient (Wildman–Crippen LogP) is 2.05. The number of anilines is 1. The van der Waals surface area contributed by atoms with Gasteiger partial charge in [0.05, 0.1) is 5.69 Å². The Labute approximate surface area is 124 Å². The van der Waals surface area contributed by atoms with Crippen molar-refractivity contribution >= 4 is 40.2 Å². The first-order valence-corrected chi connectivity index (χ1v) is 8.52. The van der Waals surface area contributed by atoms with Crippen LogP contribution in [0.1, 0.15) is 24.5 Å². The lowest BCUT2D eigenvalue weighted by Gasteiger charge is -2.32. The summed E-state index contributed by atoms with van der Waals surface area (Å²) in [6.45, 7) is 0.453. The molecule has 0 aromatic carbocycles. The third kappa shape index (κ3) is 2.90. The fraction of sp³-hybridized carbons (Fsp3) is 0.583. The van der Waals surface area contributed by atoms with Crippen LogP contribution in [-0.2, 0) is 4.79 Å². The number of carboxylic acid groups (broad SMARTS) is 1. The lowest BCUT2D eigenvalue weighted by atomic mass is 10.3. The first-order chi connectivity index (χ1) is 9.65. The predicted molar refractivity (Wildman–Crippen MR) is 78.6 cm³/mol. The van der Waals surface area contributed by atoms with Gasteiger partial charge in [-0.2, -0.15) is 11.8 Å². The van der Waals surface area contributed by atoms with Gasteiger partial charge in [-0.25, -0.2) is 14.6 Å². The summed E-state index contributed by atoms with van der Waals surface area (Å²) in [6, 6.07) is -1.12. The minimum atomic E-state index is -0.954. The Morgan fingerprint density at radius 3 is 2.95 bits per heavy atom. The number of carbonyl (C=O) groups excluding carboxylic acids is 1.